The van der Waals surface area contributed by atoms with E-state index in [9.17, 15) is 24.1 Å². The van der Waals surface area contributed by atoms with Crippen LogP contribution in [0.25, 0.3) is 11.0 Å². The molecule has 33 heavy (non-hydrogen) atoms. The van der Waals surface area contributed by atoms with E-state index in [1.54, 1.807) is 0 Å². The Balaban J connectivity index is 1.70. The summed E-state index contributed by atoms with van der Waals surface area (Å²) in [5, 5.41) is 11.1. The molecule has 1 aliphatic rings. The summed E-state index contributed by atoms with van der Waals surface area (Å²) in [6.45, 7) is 2.14. The van der Waals surface area contributed by atoms with Gasteiger partial charge in [-0.2, -0.15) is 0 Å². The van der Waals surface area contributed by atoms with Crippen molar-refractivity contribution in [3.63, 3.8) is 0 Å². The minimum atomic E-state index is -0.835. The fourth-order valence-electron chi connectivity index (χ4n) is 4.17. The lowest BCUT2D eigenvalue weighted by Gasteiger charge is -2.25. The fourth-order valence-corrected chi connectivity index (χ4v) is 4.17. The number of hydrogen-bond donors (Lipinski definition) is 0. The maximum absolute atomic E-state index is 13.9. The van der Waals surface area contributed by atoms with E-state index in [-0.39, 0.29) is 34.5 Å². The molecule has 1 atom stereocenters. The van der Waals surface area contributed by atoms with E-state index < -0.39 is 28.1 Å². The summed E-state index contributed by atoms with van der Waals surface area (Å²) < 4.78 is 19.6. The molecule has 5 rings (SSSR count). The van der Waals surface area contributed by atoms with Crippen molar-refractivity contribution in [1.82, 2.24) is 4.90 Å². The smallest absolute Gasteiger partial charge is 0.291 e. The number of aryl methyl sites for hydroxylation is 1. The van der Waals surface area contributed by atoms with Crippen molar-refractivity contribution in [2.75, 3.05) is 0 Å². The Hall–Kier alpha value is -4.33. The zero-order valence-electron chi connectivity index (χ0n) is 17.4. The number of benzene rings is 3. The average molecular weight is 444 g/mol. The van der Waals surface area contributed by atoms with Crippen LogP contribution in [0.15, 0.2) is 75.9 Å². The summed E-state index contributed by atoms with van der Waals surface area (Å²) in [5.74, 6) is -1.17. The van der Waals surface area contributed by atoms with Crippen LogP contribution in [0.5, 0.6) is 0 Å². The molecule has 1 unspecified atom stereocenters. The average Bonchev–Trinajstić information content (AvgIpc) is 3.08. The van der Waals surface area contributed by atoms with E-state index in [2.05, 4.69) is 0 Å². The summed E-state index contributed by atoms with van der Waals surface area (Å²) in [4.78, 5) is 38.9. The fraction of sp³-hybridized carbons (Fsp3) is 0.120. The lowest BCUT2D eigenvalue weighted by molar-refractivity contribution is -0.384. The molecule has 4 aromatic rings. The first-order valence-corrected chi connectivity index (χ1v) is 10.2. The molecule has 164 valence electrons. The van der Waals surface area contributed by atoms with Gasteiger partial charge in [0, 0.05) is 18.7 Å². The number of non-ortho nitro benzene ring substituents is 1. The maximum atomic E-state index is 13.9. The third-order valence-electron chi connectivity index (χ3n) is 5.82. The quantitative estimate of drug-likeness (QED) is 0.330. The van der Waals surface area contributed by atoms with Gasteiger partial charge in [-0.15, -0.1) is 0 Å². The molecule has 0 aliphatic carbocycles. The normalized spacial score (nSPS) is 15.2. The number of hydrogen-bond acceptors (Lipinski definition) is 5. The number of rotatable bonds is 4. The van der Waals surface area contributed by atoms with Gasteiger partial charge in [0.15, 0.2) is 5.43 Å². The van der Waals surface area contributed by atoms with Crippen LogP contribution in [-0.4, -0.2) is 15.7 Å². The van der Waals surface area contributed by atoms with Crippen LogP contribution in [0.2, 0.25) is 0 Å². The lowest BCUT2D eigenvalue weighted by atomic mass is 9.98. The van der Waals surface area contributed by atoms with Gasteiger partial charge in [-0.1, -0.05) is 29.8 Å². The topological polar surface area (TPSA) is 93.7 Å². The minimum absolute atomic E-state index is 0.0330. The molecule has 0 radical (unpaired) electrons. The Morgan fingerprint density at radius 1 is 1.03 bits per heavy atom. The maximum Gasteiger partial charge on any atom is 0.291 e. The van der Waals surface area contributed by atoms with E-state index in [0.717, 1.165) is 23.3 Å². The number of carbonyl (C=O) groups excluding carboxylic acids is 1. The molecule has 1 amide bonds. The Labute approximate surface area is 186 Å². The number of amides is 1. The van der Waals surface area contributed by atoms with E-state index in [4.69, 9.17) is 4.42 Å². The second-order valence-corrected chi connectivity index (χ2v) is 7.98. The summed E-state index contributed by atoms with van der Waals surface area (Å²) in [5.41, 5.74) is 2.02. The van der Waals surface area contributed by atoms with Crippen LogP contribution in [-0.2, 0) is 6.54 Å². The van der Waals surface area contributed by atoms with Crippen molar-refractivity contribution < 1.29 is 18.5 Å². The first-order valence-electron chi connectivity index (χ1n) is 10.2. The Kier molecular flexibility index (Phi) is 4.78. The van der Waals surface area contributed by atoms with Gasteiger partial charge in [0.05, 0.1) is 21.9 Å². The van der Waals surface area contributed by atoms with Crippen LogP contribution >= 0.6 is 0 Å². The van der Waals surface area contributed by atoms with Crippen molar-refractivity contribution in [3.05, 3.63) is 121 Å². The van der Waals surface area contributed by atoms with Crippen molar-refractivity contribution in [3.8, 4) is 0 Å². The van der Waals surface area contributed by atoms with E-state index in [1.165, 1.54) is 35.2 Å². The first kappa shape index (κ1) is 20.6. The lowest BCUT2D eigenvalue weighted by Crippen LogP contribution is -2.29. The number of nitro benzene ring substituents is 1. The Morgan fingerprint density at radius 2 is 1.73 bits per heavy atom. The van der Waals surface area contributed by atoms with Crippen LogP contribution in [0.1, 0.15) is 38.9 Å². The molecule has 0 spiro atoms. The van der Waals surface area contributed by atoms with E-state index >= 15 is 0 Å². The van der Waals surface area contributed by atoms with Crippen molar-refractivity contribution >= 4 is 22.6 Å². The second kappa shape index (κ2) is 7.67. The summed E-state index contributed by atoms with van der Waals surface area (Å²) in [6.07, 6.45) is 0. The second-order valence-electron chi connectivity index (χ2n) is 7.98. The zero-order valence-corrected chi connectivity index (χ0v) is 17.4. The molecular formula is C25H17FN2O5. The Morgan fingerprint density at radius 3 is 2.39 bits per heavy atom. The largest absolute Gasteiger partial charge is 0.450 e. The van der Waals surface area contributed by atoms with Gasteiger partial charge in [-0.05, 0) is 48.4 Å². The molecule has 0 saturated carbocycles. The highest BCUT2D eigenvalue weighted by atomic mass is 19.1. The van der Waals surface area contributed by atoms with Gasteiger partial charge in [0.2, 0.25) is 5.76 Å². The van der Waals surface area contributed by atoms with Gasteiger partial charge in [0.25, 0.3) is 11.6 Å². The van der Waals surface area contributed by atoms with Crippen LogP contribution in [0, 0.1) is 22.9 Å². The molecule has 0 N–H and O–H groups in total. The van der Waals surface area contributed by atoms with E-state index in [0.29, 0.717) is 5.56 Å². The standard InChI is InChI=1S/C25H17FN2O5/c1-14-2-4-15(5-3-14)13-27-22(16-6-9-18(10-7-16)28(31)32)21-23(29)19-12-17(26)8-11-20(19)33-24(21)25(27)30/h2-12,22H,13H2,1H3. The van der Waals surface area contributed by atoms with Crippen molar-refractivity contribution in [2.24, 2.45) is 0 Å². The zero-order chi connectivity index (χ0) is 23.3. The van der Waals surface area contributed by atoms with Gasteiger partial charge in [-0.25, -0.2) is 4.39 Å². The highest BCUT2D eigenvalue weighted by molar-refractivity contribution is 5.99. The van der Waals surface area contributed by atoms with E-state index in [1.807, 2.05) is 31.2 Å². The Bertz CT molecular complexity index is 1480. The highest BCUT2D eigenvalue weighted by Crippen LogP contribution is 2.39. The van der Waals surface area contributed by atoms with Crippen LogP contribution in [0.4, 0.5) is 10.1 Å². The number of fused-ring (bicyclic) bond motifs is 2. The summed E-state index contributed by atoms with van der Waals surface area (Å²) in [7, 11) is 0. The van der Waals surface area contributed by atoms with Gasteiger partial charge in [-0.3, -0.25) is 19.7 Å². The monoisotopic (exact) mass is 444 g/mol. The molecule has 0 saturated heterocycles. The van der Waals surface area contributed by atoms with Crippen molar-refractivity contribution in [1.29, 1.82) is 0 Å². The molecule has 1 aromatic heterocycles. The predicted molar refractivity (Wildman–Crippen MR) is 118 cm³/mol. The molecule has 7 nitrogen and oxygen atoms in total. The third kappa shape index (κ3) is 3.45. The van der Waals surface area contributed by atoms with Gasteiger partial charge < -0.3 is 9.32 Å². The highest BCUT2D eigenvalue weighted by Gasteiger charge is 2.42. The number of nitro groups is 1. The SMILES string of the molecule is Cc1ccc(CN2C(=O)c3oc4ccc(F)cc4c(=O)c3C2c2ccc([N+](=O)[O-])cc2)cc1. The number of carbonyl (C=O) groups is 1. The molecular weight excluding hydrogens is 427 g/mol. The molecule has 0 bridgehead atoms. The first-order chi connectivity index (χ1) is 15.8. The third-order valence-corrected chi connectivity index (χ3v) is 5.82. The molecule has 3 aromatic carbocycles. The molecule has 2 heterocycles. The van der Waals surface area contributed by atoms with Crippen LogP contribution in [0.3, 0.4) is 0 Å². The van der Waals surface area contributed by atoms with Gasteiger partial charge >= 0.3 is 0 Å². The summed E-state index contributed by atoms with van der Waals surface area (Å²) >= 11 is 0. The molecule has 1 aliphatic heterocycles. The number of halogens is 1. The van der Waals surface area contributed by atoms with Crippen molar-refractivity contribution in [2.45, 2.75) is 19.5 Å². The van der Waals surface area contributed by atoms with Gasteiger partial charge in [0.1, 0.15) is 11.4 Å². The molecule has 8 heteroatoms. The van der Waals surface area contributed by atoms with Crippen LogP contribution < -0.4 is 5.43 Å². The molecule has 0 fully saturated rings. The predicted octanol–water partition coefficient (Wildman–Crippen LogP) is 4.89. The summed E-state index contributed by atoms with van der Waals surface area (Å²) in [6, 6.07) is 16.0. The number of nitrogens with zero attached hydrogens (tertiary/aromatic N) is 2. The minimum Gasteiger partial charge on any atom is -0.450 e.